The molecule has 1 aliphatic heterocycles. The highest BCUT2D eigenvalue weighted by atomic mass is 32.2. The summed E-state index contributed by atoms with van der Waals surface area (Å²) in [6.07, 6.45) is 0.610. The Kier molecular flexibility index (Phi) is 3.40. The van der Waals surface area contributed by atoms with Gasteiger partial charge in [0.25, 0.3) is 0 Å². The zero-order chi connectivity index (χ0) is 12.5. The fourth-order valence-electron chi connectivity index (χ4n) is 1.99. The lowest BCUT2D eigenvalue weighted by molar-refractivity contribution is -0.138. The van der Waals surface area contributed by atoms with Crippen LogP contribution in [-0.4, -0.2) is 27.7 Å². The molecule has 1 unspecified atom stereocenters. The van der Waals surface area contributed by atoms with Crippen LogP contribution < -0.4 is 5.32 Å². The highest BCUT2D eigenvalue weighted by molar-refractivity contribution is 8.00. The Bertz CT molecular complexity index is 440. The topological polar surface area (TPSA) is 49.3 Å². The Hall–Kier alpha value is -1.07. The number of hydrogen-bond donors (Lipinski definition) is 2. The zero-order valence-corrected chi connectivity index (χ0v) is 10.3. The van der Waals surface area contributed by atoms with Crippen LogP contribution >= 0.6 is 11.8 Å². The minimum atomic E-state index is -0.833. The Morgan fingerprint density at radius 1 is 1.71 bits per heavy atom. The molecule has 17 heavy (non-hydrogen) atoms. The molecular weight excluding hydrogens is 241 g/mol. The molecule has 0 aromatic heterocycles. The number of carboxylic acid groups (broad SMARTS) is 1. The third kappa shape index (κ3) is 2.98. The van der Waals surface area contributed by atoms with E-state index in [4.69, 9.17) is 5.11 Å². The van der Waals surface area contributed by atoms with E-state index in [0.29, 0.717) is 12.2 Å². The molecule has 0 aliphatic carbocycles. The number of aliphatic carboxylic acids is 1. The number of nitrogens with one attached hydrogen (secondary N) is 1. The summed E-state index contributed by atoms with van der Waals surface area (Å²) >= 11 is 1.57. The second-order valence-corrected chi connectivity index (χ2v) is 5.91. The lowest BCUT2D eigenvalue weighted by atomic mass is 10.1. The average Bonchev–Trinajstić information content (AvgIpc) is 2.60. The first-order valence-corrected chi connectivity index (χ1v) is 6.36. The number of carbonyl (C=O) groups is 1. The highest BCUT2D eigenvalue weighted by Crippen LogP contribution is 2.33. The molecule has 0 amide bonds. The minimum absolute atomic E-state index is 0.260. The number of rotatable bonds is 3. The Balaban J connectivity index is 2.06. The maximum Gasteiger partial charge on any atom is 0.321 e. The van der Waals surface area contributed by atoms with Gasteiger partial charge in [0.15, 0.2) is 0 Å². The van der Waals surface area contributed by atoms with Gasteiger partial charge in [-0.3, -0.25) is 10.1 Å². The smallest absolute Gasteiger partial charge is 0.321 e. The minimum Gasteiger partial charge on any atom is -0.480 e. The maximum absolute atomic E-state index is 13.0. The van der Waals surface area contributed by atoms with Gasteiger partial charge in [-0.2, -0.15) is 0 Å². The van der Waals surface area contributed by atoms with E-state index >= 15 is 0 Å². The van der Waals surface area contributed by atoms with Crippen molar-refractivity contribution < 1.29 is 14.3 Å². The molecule has 1 aromatic carbocycles. The van der Waals surface area contributed by atoms with E-state index in [1.165, 1.54) is 12.1 Å². The van der Waals surface area contributed by atoms with Crippen molar-refractivity contribution in [1.29, 1.82) is 0 Å². The van der Waals surface area contributed by atoms with Gasteiger partial charge in [0.1, 0.15) is 11.9 Å². The molecule has 1 aliphatic rings. The molecule has 2 rings (SSSR count). The third-order valence-corrected chi connectivity index (χ3v) is 4.18. The van der Waals surface area contributed by atoms with E-state index in [1.54, 1.807) is 17.8 Å². The van der Waals surface area contributed by atoms with E-state index < -0.39 is 12.0 Å². The van der Waals surface area contributed by atoms with Gasteiger partial charge >= 0.3 is 5.97 Å². The number of thioether (sulfide) groups is 1. The number of benzene rings is 1. The molecule has 92 valence electrons. The lowest BCUT2D eigenvalue weighted by Gasteiger charge is -2.24. The Labute approximate surface area is 103 Å². The number of carboxylic acids is 1. The first-order valence-electron chi connectivity index (χ1n) is 5.37. The van der Waals surface area contributed by atoms with Crippen LogP contribution in [0.2, 0.25) is 0 Å². The van der Waals surface area contributed by atoms with Crippen molar-refractivity contribution in [1.82, 2.24) is 5.32 Å². The molecule has 5 heteroatoms. The van der Waals surface area contributed by atoms with Crippen LogP contribution in [0.25, 0.3) is 0 Å². The SMILES string of the molecule is CC1(Cc2cccc(F)c2)N[C@H](C(=O)O)CS1. The monoisotopic (exact) mass is 255 g/mol. The molecule has 1 aromatic rings. The summed E-state index contributed by atoms with van der Waals surface area (Å²) in [4.78, 5) is 10.5. The molecule has 0 saturated carbocycles. The van der Waals surface area contributed by atoms with Gasteiger partial charge in [-0.15, -0.1) is 11.8 Å². The van der Waals surface area contributed by atoms with Crippen molar-refractivity contribution in [2.75, 3.05) is 5.75 Å². The van der Waals surface area contributed by atoms with E-state index in [1.807, 2.05) is 13.0 Å². The maximum atomic E-state index is 13.0. The van der Waals surface area contributed by atoms with Crippen LogP contribution in [0.15, 0.2) is 24.3 Å². The molecule has 1 heterocycles. The predicted octanol–water partition coefficient (Wildman–Crippen LogP) is 1.87. The van der Waals surface area contributed by atoms with E-state index in [-0.39, 0.29) is 10.7 Å². The van der Waals surface area contributed by atoms with Crippen molar-refractivity contribution in [3.63, 3.8) is 0 Å². The number of halogens is 1. The fourth-order valence-corrected chi connectivity index (χ4v) is 3.25. The molecule has 0 radical (unpaired) electrons. The molecule has 0 bridgehead atoms. The van der Waals surface area contributed by atoms with Gasteiger partial charge in [0, 0.05) is 5.75 Å². The summed E-state index contributed by atoms with van der Waals surface area (Å²) in [5.41, 5.74) is 0.874. The fraction of sp³-hybridized carbons (Fsp3) is 0.417. The van der Waals surface area contributed by atoms with Crippen LogP contribution in [0.1, 0.15) is 12.5 Å². The van der Waals surface area contributed by atoms with Gasteiger partial charge in [-0.05, 0) is 31.0 Å². The quantitative estimate of drug-likeness (QED) is 0.865. The summed E-state index contributed by atoms with van der Waals surface area (Å²) < 4.78 is 13.0. The summed E-state index contributed by atoms with van der Waals surface area (Å²) in [6, 6.07) is 5.90. The largest absolute Gasteiger partial charge is 0.480 e. The predicted molar refractivity (Wildman–Crippen MR) is 65.5 cm³/mol. The van der Waals surface area contributed by atoms with E-state index in [9.17, 15) is 9.18 Å². The van der Waals surface area contributed by atoms with Crippen LogP contribution in [0.5, 0.6) is 0 Å². The van der Waals surface area contributed by atoms with Crippen molar-refractivity contribution in [3.05, 3.63) is 35.6 Å². The van der Waals surface area contributed by atoms with Gasteiger partial charge in [0.05, 0.1) is 4.87 Å². The molecule has 3 nitrogen and oxygen atoms in total. The Morgan fingerprint density at radius 3 is 3.06 bits per heavy atom. The van der Waals surface area contributed by atoms with Gasteiger partial charge < -0.3 is 5.11 Å². The van der Waals surface area contributed by atoms with Crippen LogP contribution in [-0.2, 0) is 11.2 Å². The zero-order valence-electron chi connectivity index (χ0n) is 9.44. The second-order valence-electron chi connectivity index (χ2n) is 4.38. The molecular formula is C12H14FNO2S. The van der Waals surface area contributed by atoms with Crippen LogP contribution in [0.3, 0.4) is 0 Å². The van der Waals surface area contributed by atoms with Crippen LogP contribution in [0, 0.1) is 5.82 Å². The standard InChI is InChI=1S/C12H14FNO2S/c1-12(14-10(7-17-12)11(15)16)6-8-3-2-4-9(13)5-8/h2-5,10,14H,6-7H2,1H3,(H,15,16)/t10-,12?/m0/s1. The molecule has 0 spiro atoms. The molecule has 1 fully saturated rings. The molecule has 2 N–H and O–H groups in total. The van der Waals surface area contributed by atoms with Gasteiger partial charge in [0.2, 0.25) is 0 Å². The van der Waals surface area contributed by atoms with Crippen molar-refractivity contribution >= 4 is 17.7 Å². The summed E-state index contributed by atoms with van der Waals surface area (Å²) in [5.74, 6) is -0.550. The lowest BCUT2D eigenvalue weighted by Crippen LogP contribution is -2.44. The van der Waals surface area contributed by atoms with Crippen molar-refractivity contribution in [2.45, 2.75) is 24.3 Å². The Morgan fingerprint density at radius 2 is 2.47 bits per heavy atom. The summed E-state index contributed by atoms with van der Waals surface area (Å²) in [7, 11) is 0. The van der Waals surface area contributed by atoms with Gasteiger partial charge in [-0.25, -0.2) is 4.39 Å². The van der Waals surface area contributed by atoms with Crippen molar-refractivity contribution in [3.8, 4) is 0 Å². The summed E-state index contributed by atoms with van der Waals surface area (Å²) in [5, 5.41) is 12.0. The highest BCUT2D eigenvalue weighted by Gasteiger charge is 2.38. The average molecular weight is 255 g/mol. The van der Waals surface area contributed by atoms with Crippen LogP contribution in [0.4, 0.5) is 4.39 Å². The summed E-state index contributed by atoms with van der Waals surface area (Å²) in [6.45, 7) is 1.95. The molecule has 2 atom stereocenters. The first kappa shape index (κ1) is 12.4. The first-order chi connectivity index (χ1) is 7.98. The van der Waals surface area contributed by atoms with Gasteiger partial charge in [-0.1, -0.05) is 12.1 Å². The van der Waals surface area contributed by atoms with Crippen molar-refractivity contribution in [2.24, 2.45) is 0 Å². The van der Waals surface area contributed by atoms with E-state index in [2.05, 4.69) is 5.32 Å². The normalized spacial score (nSPS) is 28.2. The van der Waals surface area contributed by atoms with E-state index in [0.717, 1.165) is 5.56 Å². The second kappa shape index (κ2) is 4.66. The molecule has 1 saturated heterocycles. The third-order valence-electron chi connectivity index (χ3n) is 2.78. The number of hydrogen-bond acceptors (Lipinski definition) is 3.